The average molecular weight is 306 g/mol. The number of halogens is 1. The van der Waals surface area contributed by atoms with Gasteiger partial charge in [-0.15, -0.1) is 11.6 Å². The van der Waals surface area contributed by atoms with Gasteiger partial charge in [0.2, 0.25) is 11.7 Å². The fraction of sp³-hybridized carbons (Fsp3) is 0.412. The highest BCUT2D eigenvalue weighted by Gasteiger charge is 2.35. The molecule has 2 unspecified atom stereocenters. The van der Waals surface area contributed by atoms with Crippen LogP contribution >= 0.6 is 11.6 Å². The van der Waals surface area contributed by atoms with Gasteiger partial charge in [0.05, 0.1) is 11.1 Å². The van der Waals surface area contributed by atoms with Gasteiger partial charge >= 0.3 is 0 Å². The molecule has 0 aliphatic heterocycles. The van der Waals surface area contributed by atoms with E-state index in [1.165, 1.54) is 6.92 Å². The number of amides is 1. The van der Waals surface area contributed by atoms with Crippen molar-refractivity contribution >= 4 is 28.9 Å². The number of carbonyl (C=O) groups excluding carboxylic acids is 2. The first-order chi connectivity index (χ1) is 9.97. The number of nitrogens with one attached hydrogen (secondary N) is 1. The smallest absolute Gasteiger partial charge is 0.221 e. The molecule has 0 fully saturated rings. The number of hydrogen-bond acceptors (Lipinski definition) is 2. The summed E-state index contributed by atoms with van der Waals surface area (Å²) in [6.45, 7) is 5.58. The van der Waals surface area contributed by atoms with Crippen LogP contribution in [0, 0.1) is 5.92 Å². The van der Waals surface area contributed by atoms with Crippen LogP contribution in [0.5, 0.6) is 0 Å². The standard InChI is InChI=1S/C17H20ClNO2/c1-4-7-10(2)15(18)14-12-8-5-6-9-13(12)17(21)16(14)19-11(3)20/h5-6,8-10,15H,4,7H2,1-3H3,(H,19,20,21). The molecule has 1 aliphatic carbocycles. The molecular formula is C17H20ClNO2. The Bertz CT molecular complexity index is 607. The van der Waals surface area contributed by atoms with E-state index in [2.05, 4.69) is 19.2 Å². The first kappa shape index (κ1) is 15.8. The van der Waals surface area contributed by atoms with Crippen LogP contribution in [0.1, 0.15) is 49.5 Å². The summed E-state index contributed by atoms with van der Waals surface area (Å²) in [5.41, 5.74) is 2.56. The van der Waals surface area contributed by atoms with E-state index in [1.807, 2.05) is 18.2 Å². The third-order valence-electron chi connectivity index (χ3n) is 3.78. The monoisotopic (exact) mass is 305 g/mol. The summed E-state index contributed by atoms with van der Waals surface area (Å²) in [4.78, 5) is 23.9. The lowest BCUT2D eigenvalue weighted by molar-refractivity contribution is -0.118. The molecule has 21 heavy (non-hydrogen) atoms. The molecule has 3 nitrogen and oxygen atoms in total. The zero-order valence-electron chi connectivity index (χ0n) is 12.6. The average Bonchev–Trinajstić information content (AvgIpc) is 2.71. The van der Waals surface area contributed by atoms with Gasteiger partial charge in [-0.1, -0.05) is 44.5 Å². The number of carbonyl (C=O) groups is 2. The molecule has 2 rings (SSSR count). The summed E-state index contributed by atoms with van der Waals surface area (Å²) in [5, 5.41) is 2.38. The quantitative estimate of drug-likeness (QED) is 0.842. The van der Waals surface area contributed by atoms with E-state index < -0.39 is 0 Å². The predicted molar refractivity (Wildman–Crippen MR) is 85.2 cm³/mol. The number of benzene rings is 1. The summed E-state index contributed by atoms with van der Waals surface area (Å²) in [6, 6.07) is 7.38. The zero-order chi connectivity index (χ0) is 15.6. The number of allylic oxidation sites excluding steroid dienone is 2. The zero-order valence-corrected chi connectivity index (χ0v) is 13.3. The Morgan fingerprint density at radius 3 is 2.48 bits per heavy atom. The summed E-state index contributed by atoms with van der Waals surface area (Å²) >= 11 is 6.63. The highest BCUT2D eigenvalue weighted by Crippen LogP contribution is 2.39. The number of fused-ring (bicyclic) bond motifs is 1. The van der Waals surface area contributed by atoms with Crippen molar-refractivity contribution in [3.05, 3.63) is 41.1 Å². The van der Waals surface area contributed by atoms with Crippen LogP contribution in [0.15, 0.2) is 30.0 Å². The van der Waals surface area contributed by atoms with Crippen LogP contribution in [0.4, 0.5) is 0 Å². The summed E-state index contributed by atoms with van der Waals surface area (Å²) < 4.78 is 0. The maximum Gasteiger partial charge on any atom is 0.221 e. The van der Waals surface area contributed by atoms with Gasteiger partial charge in [-0.2, -0.15) is 0 Å². The molecule has 0 radical (unpaired) electrons. The number of hydrogen-bond donors (Lipinski definition) is 1. The van der Waals surface area contributed by atoms with Crippen molar-refractivity contribution in [3.63, 3.8) is 0 Å². The fourth-order valence-electron chi connectivity index (χ4n) is 2.78. The molecule has 0 heterocycles. The van der Waals surface area contributed by atoms with Crippen molar-refractivity contribution in [1.29, 1.82) is 0 Å². The minimum atomic E-state index is -0.292. The number of rotatable bonds is 5. The van der Waals surface area contributed by atoms with Crippen molar-refractivity contribution in [2.24, 2.45) is 5.92 Å². The molecule has 2 atom stereocenters. The second-order valence-corrected chi connectivity index (χ2v) is 5.98. The van der Waals surface area contributed by atoms with Gasteiger partial charge < -0.3 is 5.32 Å². The van der Waals surface area contributed by atoms with Gasteiger partial charge in [-0.25, -0.2) is 0 Å². The molecule has 0 aromatic heterocycles. The largest absolute Gasteiger partial charge is 0.323 e. The second-order valence-electron chi connectivity index (χ2n) is 5.51. The van der Waals surface area contributed by atoms with Gasteiger partial charge in [0.15, 0.2) is 0 Å². The van der Waals surface area contributed by atoms with E-state index in [9.17, 15) is 9.59 Å². The second kappa shape index (κ2) is 6.44. The van der Waals surface area contributed by atoms with Gasteiger partial charge in [0.25, 0.3) is 0 Å². The van der Waals surface area contributed by atoms with Gasteiger partial charge in [0, 0.05) is 18.1 Å². The number of Topliss-reactive ketones (excluding diaryl/α,β-unsaturated/α-hetero) is 1. The minimum Gasteiger partial charge on any atom is -0.323 e. The molecule has 0 bridgehead atoms. The van der Waals surface area contributed by atoms with Crippen LogP contribution < -0.4 is 5.32 Å². The third kappa shape index (κ3) is 3.03. The maximum atomic E-state index is 12.5. The fourth-order valence-corrected chi connectivity index (χ4v) is 3.13. The van der Waals surface area contributed by atoms with Crippen molar-refractivity contribution in [2.45, 2.75) is 39.0 Å². The Kier molecular flexibility index (Phi) is 4.84. The van der Waals surface area contributed by atoms with E-state index in [0.717, 1.165) is 24.0 Å². The Hall–Kier alpha value is -1.61. The highest BCUT2D eigenvalue weighted by molar-refractivity contribution is 6.32. The van der Waals surface area contributed by atoms with Crippen LogP contribution in [-0.4, -0.2) is 17.1 Å². The molecule has 112 valence electrons. The topological polar surface area (TPSA) is 46.2 Å². The molecule has 0 saturated heterocycles. The Labute approximate surface area is 130 Å². The Morgan fingerprint density at radius 1 is 1.29 bits per heavy atom. The highest BCUT2D eigenvalue weighted by atomic mass is 35.5. The number of ketones is 1. The van der Waals surface area contributed by atoms with Crippen LogP contribution in [-0.2, 0) is 4.79 Å². The van der Waals surface area contributed by atoms with Crippen molar-refractivity contribution in [1.82, 2.24) is 5.32 Å². The molecule has 1 amide bonds. The lowest BCUT2D eigenvalue weighted by Crippen LogP contribution is -2.26. The van der Waals surface area contributed by atoms with E-state index in [-0.39, 0.29) is 23.0 Å². The summed E-state index contributed by atoms with van der Waals surface area (Å²) in [5.74, 6) is -0.171. The lowest BCUT2D eigenvalue weighted by Gasteiger charge is -2.20. The third-order valence-corrected chi connectivity index (χ3v) is 4.43. The van der Waals surface area contributed by atoms with E-state index in [4.69, 9.17) is 11.6 Å². The van der Waals surface area contributed by atoms with Crippen molar-refractivity contribution < 1.29 is 9.59 Å². The SMILES string of the molecule is CCCC(C)C(Cl)C1=C(NC(C)=O)C(=O)c2ccccc21. The Morgan fingerprint density at radius 2 is 1.90 bits per heavy atom. The van der Waals surface area contributed by atoms with E-state index >= 15 is 0 Å². The molecule has 0 spiro atoms. The van der Waals surface area contributed by atoms with Gasteiger partial charge in [-0.3, -0.25) is 9.59 Å². The first-order valence-corrected chi connectivity index (χ1v) is 7.70. The maximum absolute atomic E-state index is 12.5. The van der Waals surface area contributed by atoms with Gasteiger partial charge in [0.1, 0.15) is 0 Å². The summed E-state index contributed by atoms with van der Waals surface area (Å²) in [7, 11) is 0. The molecule has 4 heteroatoms. The van der Waals surface area contributed by atoms with E-state index in [1.54, 1.807) is 6.07 Å². The van der Waals surface area contributed by atoms with Crippen LogP contribution in [0.25, 0.3) is 5.57 Å². The first-order valence-electron chi connectivity index (χ1n) is 7.27. The minimum absolute atomic E-state index is 0.148. The Balaban J connectivity index is 2.50. The molecular weight excluding hydrogens is 286 g/mol. The summed E-state index contributed by atoms with van der Waals surface area (Å²) in [6.07, 6.45) is 2.00. The predicted octanol–water partition coefficient (Wildman–Crippen LogP) is 3.77. The molecule has 1 N–H and O–H groups in total. The lowest BCUT2D eigenvalue weighted by atomic mass is 9.92. The van der Waals surface area contributed by atoms with Crippen molar-refractivity contribution in [3.8, 4) is 0 Å². The molecule has 1 aromatic rings. The van der Waals surface area contributed by atoms with Gasteiger partial charge in [-0.05, 0) is 17.9 Å². The van der Waals surface area contributed by atoms with Crippen LogP contribution in [0.2, 0.25) is 0 Å². The normalized spacial score (nSPS) is 16.7. The van der Waals surface area contributed by atoms with Crippen molar-refractivity contribution in [2.75, 3.05) is 0 Å². The molecule has 1 aromatic carbocycles. The number of alkyl halides is 1. The van der Waals surface area contributed by atoms with Crippen LogP contribution in [0.3, 0.4) is 0 Å². The molecule has 1 aliphatic rings. The van der Waals surface area contributed by atoms with E-state index in [0.29, 0.717) is 11.3 Å². The molecule has 0 saturated carbocycles.